The van der Waals surface area contributed by atoms with Crippen molar-refractivity contribution in [3.05, 3.63) is 57.3 Å². The van der Waals surface area contributed by atoms with Crippen LogP contribution < -0.4 is 4.74 Å². The molecular weight excluding hydrogens is 409 g/mol. The van der Waals surface area contributed by atoms with E-state index in [1.807, 2.05) is 29.2 Å². The van der Waals surface area contributed by atoms with Crippen LogP contribution in [0.25, 0.3) is 10.9 Å². The minimum atomic E-state index is 0.203. The normalized spacial score (nSPS) is 14.2. The molecule has 0 atom stereocenters. The lowest BCUT2D eigenvalue weighted by Gasteiger charge is -2.16. The summed E-state index contributed by atoms with van der Waals surface area (Å²) in [5.41, 5.74) is 4.36. The van der Waals surface area contributed by atoms with Gasteiger partial charge in [-0.25, -0.2) is 4.98 Å². The highest BCUT2D eigenvalue weighted by molar-refractivity contribution is 6.42. The predicted octanol–water partition coefficient (Wildman–Crippen LogP) is 5.01. The minimum absolute atomic E-state index is 0.203. The molecule has 2 aromatic heterocycles. The van der Waals surface area contributed by atoms with Crippen LogP contribution in [0.3, 0.4) is 0 Å². The maximum Gasteiger partial charge on any atom is 0.238 e. The Labute approximate surface area is 180 Å². The second-order valence-corrected chi connectivity index (χ2v) is 8.20. The Bertz CT molecular complexity index is 1080. The van der Waals surface area contributed by atoms with E-state index in [1.54, 1.807) is 6.20 Å². The van der Waals surface area contributed by atoms with Gasteiger partial charge in [-0.15, -0.1) is 0 Å². The number of carbonyl (C=O) groups excluding carboxylic acids is 1. The predicted molar refractivity (Wildman–Crippen MR) is 116 cm³/mol. The molecule has 1 saturated heterocycles. The number of nitrogens with zero attached hydrogens (tertiary/aromatic N) is 3. The van der Waals surface area contributed by atoms with Crippen LogP contribution in [0.5, 0.6) is 5.88 Å². The molecule has 1 aromatic carbocycles. The molecule has 3 aromatic rings. The third-order valence-electron chi connectivity index (χ3n) is 5.61. The van der Waals surface area contributed by atoms with Gasteiger partial charge in [0.25, 0.3) is 0 Å². The fourth-order valence-corrected chi connectivity index (χ4v) is 4.20. The molecule has 0 spiro atoms. The number of aromatic nitrogens is 2. The first-order chi connectivity index (χ1) is 14.0. The maximum absolute atomic E-state index is 11.8. The van der Waals surface area contributed by atoms with Crippen LogP contribution in [0.2, 0.25) is 10.0 Å². The first kappa shape index (κ1) is 20.0. The highest BCUT2D eigenvalue weighted by atomic mass is 35.5. The van der Waals surface area contributed by atoms with Crippen LogP contribution in [0.4, 0.5) is 0 Å². The number of benzene rings is 1. The van der Waals surface area contributed by atoms with Crippen LogP contribution in [-0.2, 0) is 11.3 Å². The molecule has 0 saturated carbocycles. The third-order valence-corrected chi connectivity index (χ3v) is 6.35. The quantitative estimate of drug-likeness (QED) is 0.550. The summed E-state index contributed by atoms with van der Waals surface area (Å²) in [6.45, 7) is 6.66. The molecule has 152 valence electrons. The van der Waals surface area contributed by atoms with Crippen LogP contribution in [-0.4, -0.2) is 40.1 Å². The number of rotatable bonds is 6. The van der Waals surface area contributed by atoms with E-state index in [2.05, 4.69) is 23.4 Å². The number of fused-ring (bicyclic) bond motifs is 1. The molecule has 0 N–H and O–H groups in total. The smallest absolute Gasteiger partial charge is 0.238 e. The average molecular weight is 432 g/mol. The van der Waals surface area contributed by atoms with Crippen molar-refractivity contribution in [2.24, 2.45) is 0 Å². The number of pyridine rings is 1. The van der Waals surface area contributed by atoms with E-state index in [9.17, 15) is 4.79 Å². The number of likely N-dealkylation sites (tertiary alicyclic amines) is 1. The average Bonchev–Trinajstić information content (AvgIpc) is 3.22. The minimum Gasteiger partial charge on any atom is -0.474 e. The molecule has 0 aliphatic carbocycles. The molecule has 5 nitrogen and oxygen atoms in total. The molecule has 0 radical (unpaired) electrons. The maximum atomic E-state index is 11.8. The van der Waals surface area contributed by atoms with Gasteiger partial charge in [0, 0.05) is 36.8 Å². The molecule has 0 unspecified atom stereocenters. The summed E-state index contributed by atoms with van der Waals surface area (Å²) in [4.78, 5) is 18.2. The monoisotopic (exact) mass is 431 g/mol. The number of hydrogen-bond donors (Lipinski definition) is 0. The van der Waals surface area contributed by atoms with Gasteiger partial charge in [0.05, 0.1) is 16.6 Å². The molecule has 29 heavy (non-hydrogen) atoms. The second kappa shape index (κ2) is 8.25. The van der Waals surface area contributed by atoms with E-state index < -0.39 is 0 Å². The van der Waals surface area contributed by atoms with Crippen LogP contribution in [0.1, 0.15) is 29.7 Å². The van der Waals surface area contributed by atoms with Crippen molar-refractivity contribution in [2.75, 3.05) is 19.7 Å². The number of carbonyl (C=O) groups is 1. The van der Waals surface area contributed by atoms with Gasteiger partial charge in [0.15, 0.2) is 0 Å². The van der Waals surface area contributed by atoms with E-state index >= 15 is 0 Å². The molecule has 4 rings (SSSR count). The summed E-state index contributed by atoms with van der Waals surface area (Å²) < 4.78 is 8.25. The fraction of sp³-hybridized carbons (Fsp3) is 0.364. The standard InChI is InChI=1S/C22H23Cl2N3O2/c1-14-15(2)27(13-16-5-6-18(23)19(24)12-16)21-17(14)7-8-25-22(21)29-11-10-26-9-3-4-20(26)28/h5-8,12H,3-4,9-11,13H2,1-2H3. The largest absolute Gasteiger partial charge is 0.474 e. The van der Waals surface area contributed by atoms with Crippen molar-refractivity contribution in [1.82, 2.24) is 14.5 Å². The Kier molecular flexibility index (Phi) is 5.70. The van der Waals surface area contributed by atoms with Crippen LogP contribution >= 0.6 is 23.2 Å². The molecule has 7 heteroatoms. The Hall–Kier alpha value is -2.24. The highest BCUT2D eigenvalue weighted by Crippen LogP contribution is 2.32. The van der Waals surface area contributed by atoms with Crippen molar-refractivity contribution < 1.29 is 9.53 Å². The molecule has 1 fully saturated rings. The highest BCUT2D eigenvalue weighted by Gasteiger charge is 2.21. The lowest BCUT2D eigenvalue weighted by Crippen LogP contribution is -2.29. The first-order valence-corrected chi connectivity index (χ1v) is 10.5. The SMILES string of the molecule is Cc1c(C)n(Cc2ccc(Cl)c(Cl)c2)c2c(OCCN3CCCC3=O)nccc12. The lowest BCUT2D eigenvalue weighted by atomic mass is 10.2. The fourth-order valence-electron chi connectivity index (χ4n) is 3.88. The van der Waals surface area contributed by atoms with Crippen molar-refractivity contribution in [3.63, 3.8) is 0 Å². The van der Waals surface area contributed by atoms with E-state index in [0.29, 0.717) is 42.0 Å². The molecule has 1 aliphatic rings. The zero-order chi connectivity index (χ0) is 20.5. The van der Waals surface area contributed by atoms with Gasteiger partial charge in [-0.2, -0.15) is 0 Å². The van der Waals surface area contributed by atoms with Gasteiger partial charge >= 0.3 is 0 Å². The summed E-state index contributed by atoms with van der Waals surface area (Å²) >= 11 is 12.3. The molecule has 1 amide bonds. The summed E-state index contributed by atoms with van der Waals surface area (Å²) in [5, 5.41) is 2.20. The number of hydrogen-bond acceptors (Lipinski definition) is 3. The number of ether oxygens (including phenoxy) is 1. The Morgan fingerprint density at radius 1 is 1.17 bits per heavy atom. The van der Waals surface area contributed by atoms with Gasteiger partial charge in [-0.05, 0) is 49.6 Å². The summed E-state index contributed by atoms with van der Waals surface area (Å²) in [5.74, 6) is 0.792. The zero-order valence-electron chi connectivity index (χ0n) is 16.5. The van der Waals surface area contributed by atoms with Gasteiger partial charge in [-0.3, -0.25) is 4.79 Å². The third kappa shape index (κ3) is 3.94. The van der Waals surface area contributed by atoms with Gasteiger partial charge in [0.2, 0.25) is 11.8 Å². The topological polar surface area (TPSA) is 47.4 Å². The van der Waals surface area contributed by atoms with Crippen LogP contribution in [0, 0.1) is 13.8 Å². The Morgan fingerprint density at radius 2 is 2.00 bits per heavy atom. The molecule has 1 aliphatic heterocycles. The van der Waals surface area contributed by atoms with E-state index in [-0.39, 0.29) is 5.91 Å². The van der Waals surface area contributed by atoms with E-state index in [4.69, 9.17) is 27.9 Å². The molecule has 3 heterocycles. The zero-order valence-corrected chi connectivity index (χ0v) is 18.1. The number of aryl methyl sites for hydroxylation is 1. The Morgan fingerprint density at radius 3 is 2.72 bits per heavy atom. The molecule has 0 bridgehead atoms. The van der Waals surface area contributed by atoms with Crippen molar-refractivity contribution >= 4 is 40.0 Å². The van der Waals surface area contributed by atoms with Gasteiger partial charge in [0.1, 0.15) is 12.1 Å². The lowest BCUT2D eigenvalue weighted by molar-refractivity contribution is -0.128. The number of amides is 1. The summed E-state index contributed by atoms with van der Waals surface area (Å²) in [6.07, 6.45) is 3.34. The van der Waals surface area contributed by atoms with Crippen molar-refractivity contribution in [2.45, 2.75) is 33.2 Å². The second-order valence-electron chi connectivity index (χ2n) is 7.39. The van der Waals surface area contributed by atoms with Gasteiger partial charge in [-0.1, -0.05) is 29.3 Å². The van der Waals surface area contributed by atoms with E-state index in [1.165, 1.54) is 5.56 Å². The van der Waals surface area contributed by atoms with Crippen LogP contribution in [0.15, 0.2) is 30.5 Å². The van der Waals surface area contributed by atoms with Crippen molar-refractivity contribution in [3.8, 4) is 5.88 Å². The van der Waals surface area contributed by atoms with E-state index in [0.717, 1.165) is 35.1 Å². The number of halogens is 2. The van der Waals surface area contributed by atoms with Crippen molar-refractivity contribution in [1.29, 1.82) is 0 Å². The molecular formula is C22H23Cl2N3O2. The van der Waals surface area contributed by atoms with Gasteiger partial charge < -0.3 is 14.2 Å². The Balaban J connectivity index is 1.64. The summed E-state index contributed by atoms with van der Waals surface area (Å²) in [6, 6.07) is 7.70. The summed E-state index contributed by atoms with van der Waals surface area (Å²) in [7, 11) is 0. The first-order valence-electron chi connectivity index (χ1n) is 9.74.